The van der Waals surface area contributed by atoms with Crippen LogP contribution in [0.15, 0.2) is 43.3 Å². The second-order valence-electron chi connectivity index (χ2n) is 16.4. The number of unbranched alkanes of at least 4 members (excludes halogenated alkanes) is 4. The molecule has 8 nitrogen and oxygen atoms in total. The molecule has 0 bridgehead atoms. The summed E-state index contributed by atoms with van der Waals surface area (Å²) in [6.45, 7) is 25.5. The zero-order valence-corrected chi connectivity index (χ0v) is 38.4. The van der Waals surface area contributed by atoms with Crippen molar-refractivity contribution in [2.75, 3.05) is 19.1 Å². The number of hydrogen-bond acceptors (Lipinski definition) is 8. The molecule has 1 aromatic heterocycles. The lowest BCUT2D eigenvalue weighted by Gasteiger charge is -2.34. The number of nitriles is 1. The number of methoxy groups -OCH3 is 1. The summed E-state index contributed by atoms with van der Waals surface area (Å²) in [5, 5.41) is 9.59. The zero-order valence-electron chi connectivity index (χ0n) is 38.4. The number of nitrogens with zero attached hydrogens (tertiary/aromatic N) is 4. The molecule has 0 radical (unpaired) electrons. The molecule has 2 aromatic carbocycles. The average Bonchev–Trinajstić information content (AvgIpc) is 3.20. The maximum absolute atomic E-state index is 16.4. The van der Waals surface area contributed by atoms with Crippen molar-refractivity contribution in [1.82, 2.24) is 9.97 Å². The van der Waals surface area contributed by atoms with Gasteiger partial charge in [-0.05, 0) is 80.7 Å². The molecule has 1 heterocycles. The topological polar surface area (TPSA) is 114 Å². The molecule has 2 N–H and O–H groups in total. The fraction of sp³-hybridized carbons (Fsp3) is 0.583. The maximum Gasteiger partial charge on any atom is 0.417 e. The van der Waals surface area contributed by atoms with Crippen LogP contribution in [-0.2, 0) is 11.0 Å². The molecule has 4 atom stereocenters. The van der Waals surface area contributed by atoms with Crippen LogP contribution in [-0.4, -0.2) is 36.0 Å². The van der Waals surface area contributed by atoms with Crippen LogP contribution in [0.1, 0.15) is 144 Å². The van der Waals surface area contributed by atoms with Gasteiger partial charge in [-0.2, -0.15) is 28.4 Å². The number of aromatic nitrogens is 2. The van der Waals surface area contributed by atoms with Gasteiger partial charge in [-0.15, -0.1) is 0 Å². The monoisotopic (exact) mass is 860 g/mol. The quantitative estimate of drug-likeness (QED) is 0.0487. The van der Waals surface area contributed by atoms with Gasteiger partial charge in [-0.3, -0.25) is 4.79 Å². The van der Waals surface area contributed by atoms with E-state index in [1.165, 1.54) is 71.5 Å². The van der Waals surface area contributed by atoms with Crippen molar-refractivity contribution >= 4 is 22.5 Å². The predicted molar refractivity (Wildman–Crippen MR) is 238 cm³/mol. The number of ether oxygens (including phenoxy) is 2. The van der Waals surface area contributed by atoms with E-state index >= 15 is 4.39 Å². The predicted octanol–water partition coefficient (Wildman–Crippen LogP) is 13.8. The Kier molecular flexibility index (Phi) is 23.6. The van der Waals surface area contributed by atoms with Gasteiger partial charge < -0.3 is 20.1 Å². The molecule has 0 aliphatic rings. The molecule has 0 aliphatic heterocycles. The Morgan fingerprint density at radius 1 is 0.967 bits per heavy atom. The number of alkyl halides is 3. The highest BCUT2D eigenvalue weighted by Gasteiger charge is 2.39. The van der Waals surface area contributed by atoms with Crippen LogP contribution in [0, 0.1) is 46.6 Å². The molecular weight excluding hydrogens is 790 g/mol. The number of nitrogens with two attached hydrogens (primary N) is 1. The highest BCUT2D eigenvalue weighted by molar-refractivity contribution is 5.96. The Balaban J connectivity index is 0.000000812. The number of carbonyl (C=O) groups is 1. The van der Waals surface area contributed by atoms with Crippen LogP contribution in [0.2, 0.25) is 0 Å². The van der Waals surface area contributed by atoms with Gasteiger partial charge in [0.15, 0.2) is 29.1 Å². The highest BCUT2D eigenvalue weighted by Crippen LogP contribution is 2.46. The Hall–Kier alpha value is -4.73. The van der Waals surface area contributed by atoms with Crippen LogP contribution in [0.5, 0.6) is 11.8 Å². The minimum atomic E-state index is -5.09. The molecule has 4 unspecified atom stereocenters. The SMILES string of the molecule is C=C(N)Oc1c(F)ccc(-c2c(C(F)(F)F)cc3c(N(C)C(CCC(C)CC)C(C)C)nc(OC)nc3c2F)c1C#N.C=CC(C)=O.CCCCCCCC(C)CC(C)CC. The van der Waals surface area contributed by atoms with E-state index in [-0.39, 0.29) is 35.0 Å². The summed E-state index contributed by atoms with van der Waals surface area (Å²) in [5.41, 5.74) is 1.25. The van der Waals surface area contributed by atoms with E-state index in [1.54, 1.807) is 18.0 Å². The van der Waals surface area contributed by atoms with Gasteiger partial charge in [0.05, 0.1) is 12.7 Å². The third-order valence-electron chi connectivity index (χ3n) is 10.9. The van der Waals surface area contributed by atoms with Gasteiger partial charge >= 0.3 is 12.2 Å². The number of fused-ring (bicyclic) bond motifs is 1. The van der Waals surface area contributed by atoms with Crippen molar-refractivity contribution in [1.29, 1.82) is 5.26 Å². The molecule has 0 aliphatic carbocycles. The number of allylic oxidation sites excluding steroid dienone is 1. The van der Waals surface area contributed by atoms with Crippen molar-refractivity contribution in [3.8, 4) is 29.0 Å². The minimum Gasteiger partial charge on any atom is -0.467 e. The molecular formula is C48H70F5N5O3. The Bertz CT molecular complexity index is 1910. The van der Waals surface area contributed by atoms with E-state index in [4.69, 9.17) is 15.2 Å². The summed E-state index contributed by atoms with van der Waals surface area (Å²) < 4.78 is 85.0. The molecule has 340 valence electrons. The van der Waals surface area contributed by atoms with Gasteiger partial charge in [0.25, 0.3) is 0 Å². The first-order valence-corrected chi connectivity index (χ1v) is 21.5. The fourth-order valence-electron chi connectivity index (χ4n) is 7.00. The van der Waals surface area contributed by atoms with Gasteiger partial charge in [0.2, 0.25) is 0 Å². The third kappa shape index (κ3) is 16.9. The summed E-state index contributed by atoms with van der Waals surface area (Å²) in [5.74, 6) is -1.32. The lowest BCUT2D eigenvalue weighted by molar-refractivity contribution is -0.137. The van der Waals surface area contributed by atoms with Crippen molar-refractivity contribution in [3.63, 3.8) is 0 Å². The normalized spacial score (nSPS) is 13.1. The minimum absolute atomic E-state index is 0.0185. The van der Waals surface area contributed by atoms with Crippen LogP contribution in [0.3, 0.4) is 0 Å². The van der Waals surface area contributed by atoms with Gasteiger partial charge in [-0.1, -0.05) is 113 Å². The molecule has 3 aromatic rings. The number of carbonyl (C=O) groups excluding carboxylic acids is 1. The van der Waals surface area contributed by atoms with E-state index in [9.17, 15) is 27.6 Å². The average molecular weight is 860 g/mol. The number of hydrogen-bond donors (Lipinski definition) is 1. The first-order chi connectivity index (χ1) is 28.6. The van der Waals surface area contributed by atoms with E-state index < -0.39 is 57.2 Å². The van der Waals surface area contributed by atoms with Crippen molar-refractivity contribution in [2.45, 2.75) is 145 Å². The number of anilines is 1. The van der Waals surface area contributed by atoms with E-state index in [1.807, 2.05) is 13.8 Å². The van der Waals surface area contributed by atoms with Crippen LogP contribution >= 0.6 is 0 Å². The van der Waals surface area contributed by atoms with Gasteiger partial charge in [-0.25, -0.2) is 8.78 Å². The molecule has 0 amide bonds. The smallest absolute Gasteiger partial charge is 0.417 e. The molecule has 3 rings (SSSR count). The third-order valence-corrected chi connectivity index (χ3v) is 10.9. The first kappa shape index (κ1) is 54.3. The Morgan fingerprint density at radius 3 is 2.07 bits per heavy atom. The van der Waals surface area contributed by atoms with Crippen molar-refractivity contribution in [2.24, 2.45) is 29.4 Å². The second kappa shape index (κ2) is 26.6. The maximum atomic E-state index is 16.4. The van der Waals surface area contributed by atoms with E-state index in [0.717, 1.165) is 49.3 Å². The Morgan fingerprint density at radius 2 is 1.57 bits per heavy atom. The van der Waals surface area contributed by atoms with E-state index in [2.05, 4.69) is 64.7 Å². The van der Waals surface area contributed by atoms with Crippen LogP contribution < -0.4 is 20.1 Å². The molecule has 0 fully saturated rings. The molecule has 0 saturated heterocycles. The summed E-state index contributed by atoms with van der Waals surface area (Å²) >= 11 is 0. The van der Waals surface area contributed by atoms with Gasteiger partial charge in [0, 0.05) is 29.6 Å². The lowest BCUT2D eigenvalue weighted by atomic mass is 9.91. The summed E-state index contributed by atoms with van der Waals surface area (Å²) in [6, 6.07) is 3.57. The van der Waals surface area contributed by atoms with Crippen LogP contribution in [0.25, 0.3) is 22.0 Å². The largest absolute Gasteiger partial charge is 0.467 e. The van der Waals surface area contributed by atoms with Crippen molar-refractivity contribution in [3.05, 3.63) is 66.1 Å². The zero-order chi connectivity index (χ0) is 46.6. The number of ketones is 1. The van der Waals surface area contributed by atoms with Gasteiger partial charge in [0.1, 0.15) is 23.0 Å². The van der Waals surface area contributed by atoms with Crippen molar-refractivity contribution < 1.29 is 36.2 Å². The standard InChI is InChI=1S/C30H34F5N5O2.C14H30.C4H6O/c1-8-16(4)9-12-23(15(2)3)40(6)28-19-13-21(30(33,34)35)24(25(32)26(19)38-29(39-28)41-7)18-10-11-22(31)27(20(18)14-36)42-17(5)37;1-5-7-8-9-10-11-14(4)12-13(3)6-2;1-3-4(2)5/h10-11,13,15-16,23H,5,8-9,12,37H2,1-4,6-7H3;13-14H,5-12H2,1-4H3;3H,1H2,2H3. The lowest BCUT2D eigenvalue weighted by Crippen LogP contribution is -2.37. The molecule has 0 saturated carbocycles. The molecule has 13 heteroatoms. The number of halogens is 5. The molecule has 61 heavy (non-hydrogen) atoms. The van der Waals surface area contributed by atoms with E-state index in [0.29, 0.717) is 5.92 Å². The fourth-order valence-corrected chi connectivity index (χ4v) is 7.00. The summed E-state index contributed by atoms with van der Waals surface area (Å²) in [4.78, 5) is 19.8. The second-order valence-corrected chi connectivity index (χ2v) is 16.4. The highest BCUT2D eigenvalue weighted by atomic mass is 19.4. The number of rotatable bonds is 21. The van der Waals surface area contributed by atoms with Crippen LogP contribution in [0.4, 0.5) is 27.8 Å². The first-order valence-electron chi connectivity index (χ1n) is 21.5. The summed E-state index contributed by atoms with van der Waals surface area (Å²) in [6.07, 6.45) is 10.1. The Labute approximate surface area is 361 Å². The number of benzene rings is 2. The summed E-state index contributed by atoms with van der Waals surface area (Å²) in [7, 11) is 2.95. The molecule has 0 spiro atoms.